The Morgan fingerprint density at radius 2 is 1.64 bits per heavy atom. The van der Waals surface area contributed by atoms with Crippen molar-refractivity contribution in [1.29, 1.82) is 0 Å². The first-order chi connectivity index (χ1) is 12.1. The van der Waals surface area contributed by atoms with E-state index >= 15 is 0 Å². The van der Waals surface area contributed by atoms with Gasteiger partial charge in [-0.25, -0.2) is 0 Å². The van der Waals surface area contributed by atoms with Gasteiger partial charge in [-0.2, -0.15) is 0 Å². The quantitative estimate of drug-likeness (QED) is 0.721. The number of hydrogen-bond donors (Lipinski definition) is 3. The van der Waals surface area contributed by atoms with Gasteiger partial charge in [0.05, 0.1) is 13.1 Å². The molecule has 2 aromatic carbocycles. The lowest BCUT2D eigenvalue weighted by molar-refractivity contribution is -0.901. The molecule has 1 fully saturated rings. The van der Waals surface area contributed by atoms with Gasteiger partial charge in [0, 0.05) is 30.6 Å². The van der Waals surface area contributed by atoms with Gasteiger partial charge in [0.15, 0.2) is 5.11 Å². The first kappa shape index (κ1) is 17.9. The Balaban J connectivity index is 1.47. The lowest BCUT2D eigenvalue weighted by atomic mass is 10.1. The molecule has 1 heterocycles. The summed E-state index contributed by atoms with van der Waals surface area (Å²) in [7, 11) is 0. The predicted molar refractivity (Wildman–Crippen MR) is 109 cm³/mol. The monoisotopic (exact) mass is 354 g/mol. The molecule has 3 N–H and O–H groups in total. The van der Waals surface area contributed by atoms with Gasteiger partial charge < -0.3 is 15.5 Å². The van der Waals surface area contributed by atoms with Crippen molar-refractivity contribution >= 4 is 23.0 Å². The highest BCUT2D eigenvalue weighted by Crippen LogP contribution is 2.14. The lowest BCUT2D eigenvalue weighted by Crippen LogP contribution is -3.08. The second-order valence-electron chi connectivity index (χ2n) is 7.06. The average molecular weight is 355 g/mol. The number of quaternary nitrogens is 1. The van der Waals surface area contributed by atoms with Crippen molar-refractivity contribution in [3.05, 3.63) is 64.7 Å². The Morgan fingerprint density at radius 1 is 0.960 bits per heavy atom. The standard InChI is InChI=1S/C21H27N3S/c1-16-5-10-20(13-17(16)2)23-21(25)22-14-18-6-8-19(9-7-18)15-24-11-3-4-12-24/h5-10,13H,3-4,11-12,14-15H2,1-2H3,(H2,22,23,25)/p+1. The summed E-state index contributed by atoms with van der Waals surface area (Å²) >= 11 is 5.41. The van der Waals surface area contributed by atoms with Crippen LogP contribution in [0, 0.1) is 13.8 Å². The van der Waals surface area contributed by atoms with Crippen LogP contribution in [-0.4, -0.2) is 18.2 Å². The van der Waals surface area contributed by atoms with E-state index in [9.17, 15) is 0 Å². The van der Waals surface area contributed by atoms with Gasteiger partial charge in [-0.3, -0.25) is 0 Å². The summed E-state index contributed by atoms with van der Waals surface area (Å²) in [6, 6.07) is 15.2. The molecule has 0 spiro atoms. The van der Waals surface area contributed by atoms with Crippen LogP contribution in [-0.2, 0) is 13.1 Å². The van der Waals surface area contributed by atoms with Crippen molar-refractivity contribution in [2.75, 3.05) is 18.4 Å². The molecule has 3 rings (SSSR count). The molecular weight excluding hydrogens is 326 g/mol. The first-order valence-corrected chi connectivity index (χ1v) is 9.54. The van der Waals surface area contributed by atoms with Crippen molar-refractivity contribution in [1.82, 2.24) is 5.32 Å². The Kier molecular flexibility index (Phi) is 6.05. The molecule has 0 aromatic heterocycles. The van der Waals surface area contributed by atoms with Crippen molar-refractivity contribution in [2.24, 2.45) is 0 Å². The Bertz CT molecular complexity index is 718. The highest BCUT2D eigenvalue weighted by Gasteiger charge is 2.15. The largest absolute Gasteiger partial charge is 0.358 e. The molecule has 1 aliphatic heterocycles. The summed E-state index contributed by atoms with van der Waals surface area (Å²) in [6.07, 6.45) is 2.75. The SMILES string of the molecule is Cc1ccc(NC(=S)NCc2ccc(C[NH+]3CCCC3)cc2)cc1C. The molecule has 0 saturated carbocycles. The number of rotatable bonds is 5. The first-order valence-electron chi connectivity index (χ1n) is 9.13. The third-order valence-electron chi connectivity index (χ3n) is 5.01. The smallest absolute Gasteiger partial charge is 0.171 e. The number of benzene rings is 2. The summed E-state index contributed by atoms with van der Waals surface area (Å²) in [5.41, 5.74) is 6.27. The zero-order valence-corrected chi connectivity index (χ0v) is 16.0. The van der Waals surface area contributed by atoms with Gasteiger partial charge in [0.2, 0.25) is 0 Å². The Morgan fingerprint density at radius 3 is 2.32 bits per heavy atom. The third kappa shape index (κ3) is 5.28. The van der Waals surface area contributed by atoms with Crippen LogP contribution in [0.1, 0.15) is 35.1 Å². The van der Waals surface area contributed by atoms with Crippen LogP contribution in [0.15, 0.2) is 42.5 Å². The number of aryl methyl sites for hydroxylation is 2. The maximum Gasteiger partial charge on any atom is 0.171 e. The van der Waals surface area contributed by atoms with Gasteiger partial charge in [-0.05, 0) is 54.9 Å². The molecule has 0 amide bonds. The zero-order chi connectivity index (χ0) is 17.6. The summed E-state index contributed by atoms with van der Waals surface area (Å²) in [5.74, 6) is 0. The molecule has 2 aromatic rings. The highest BCUT2D eigenvalue weighted by atomic mass is 32.1. The minimum absolute atomic E-state index is 0.661. The number of hydrogen-bond acceptors (Lipinski definition) is 1. The molecule has 0 unspecified atom stereocenters. The average Bonchev–Trinajstić information content (AvgIpc) is 3.11. The number of likely N-dealkylation sites (tertiary alicyclic amines) is 1. The van der Waals surface area contributed by atoms with Gasteiger partial charge >= 0.3 is 0 Å². The van der Waals surface area contributed by atoms with Crippen LogP contribution < -0.4 is 15.5 Å². The number of nitrogens with one attached hydrogen (secondary N) is 3. The summed E-state index contributed by atoms with van der Waals surface area (Å²) in [6.45, 7) is 8.77. The van der Waals surface area contributed by atoms with E-state index in [4.69, 9.17) is 12.2 Å². The predicted octanol–water partition coefficient (Wildman–Crippen LogP) is 2.97. The van der Waals surface area contributed by atoms with Crippen LogP contribution in [0.2, 0.25) is 0 Å². The topological polar surface area (TPSA) is 28.5 Å². The Hall–Kier alpha value is -1.91. The fourth-order valence-corrected chi connectivity index (χ4v) is 3.48. The summed E-state index contributed by atoms with van der Waals surface area (Å²) in [5, 5.41) is 7.21. The minimum Gasteiger partial charge on any atom is -0.358 e. The van der Waals surface area contributed by atoms with E-state index in [1.54, 1.807) is 4.90 Å². The van der Waals surface area contributed by atoms with Crippen molar-refractivity contribution in [3.8, 4) is 0 Å². The van der Waals surface area contributed by atoms with Crippen LogP contribution in [0.5, 0.6) is 0 Å². The van der Waals surface area contributed by atoms with E-state index in [-0.39, 0.29) is 0 Å². The van der Waals surface area contributed by atoms with E-state index < -0.39 is 0 Å². The molecule has 0 bridgehead atoms. The molecular formula is C21H28N3S+. The van der Waals surface area contributed by atoms with Gasteiger partial charge in [-0.15, -0.1) is 0 Å². The minimum atomic E-state index is 0.661. The second-order valence-corrected chi connectivity index (χ2v) is 7.47. The van der Waals surface area contributed by atoms with Crippen LogP contribution in [0.3, 0.4) is 0 Å². The van der Waals surface area contributed by atoms with Crippen molar-refractivity contribution in [3.63, 3.8) is 0 Å². The summed E-state index contributed by atoms with van der Waals surface area (Å²) < 4.78 is 0. The highest BCUT2D eigenvalue weighted by molar-refractivity contribution is 7.80. The van der Waals surface area contributed by atoms with Crippen LogP contribution >= 0.6 is 12.2 Å². The number of thiocarbonyl (C=S) groups is 1. The molecule has 1 aliphatic rings. The molecule has 0 atom stereocenters. The molecule has 3 nitrogen and oxygen atoms in total. The van der Waals surface area contributed by atoms with E-state index in [2.05, 4.69) is 66.9 Å². The van der Waals surface area contributed by atoms with Gasteiger partial charge in [-0.1, -0.05) is 30.3 Å². The van der Waals surface area contributed by atoms with E-state index in [1.807, 2.05) is 0 Å². The molecule has 25 heavy (non-hydrogen) atoms. The van der Waals surface area contributed by atoms with E-state index in [0.29, 0.717) is 5.11 Å². The zero-order valence-electron chi connectivity index (χ0n) is 15.2. The van der Waals surface area contributed by atoms with Gasteiger partial charge in [0.1, 0.15) is 6.54 Å². The van der Waals surface area contributed by atoms with Crippen LogP contribution in [0.4, 0.5) is 5.69 Å². The summed E-state index contributed by atoms with van der Waals surface area (Å²) in [4.78, 5) is 1.71. The molecule has 132 valence electrons. The van der Waals surface area contributed by atoms with Crippen molar-refractivity contribution in [2.45, 2.75) is 39.8 Å². The lowest BCUT2D eigenvalue weighted by Gasteiger charge is -2.13. The van der Waals surface area contributed by atoms with Gasteiger partial charge in [0.25, 0.3) is 0 Å². The molecule has 0 radical (unpaired) electrons. The second kappa shape index (κ2) is 8.45. The Labute approximate surface area is 156 Å². The molecule has 0 aliphatic carbocycles. The number of anilines is 1. The molecule has 4 heteroatoms. The fraction of sp³-hybridized carbons (Fsp3) is 0.381. The third-order valence-corrected chi connectivity index (χ3v) is 5.25. The normalized spacial score (nSPS) is 14.5. The maximum atomic E-state index is 5.41. The molecule has 1 saturated heterocycles. The van der Waals surface area contributed by atoms with Crippen LogP contribution in [0.25, 0.3) is 0 Å². The maximum absolute atomic E-state index is 5.41. The van der Waals surface area contributed by atoms with E-state index in [0.717, 1.165) is 18.8 Å². The van der Waals surface area contributed by atoms with E-state index in [1.165, 1.54) is 48.2 Å². The fourth-order valence-electron chi connectivity index (χ4n) is 3.29. The van der Waals surface area contributed by atoms with Crippen molar-refractivity contribution < 1.29 is 4.90 Å².